The molecule has 0 radical (unpaired) electrons. The predicted octanol–water partition coefficient (Wildman–Crippen LogP) is 8.16. The van der Waals surface area contributed by atoms with Gasteiger partial charge in [0.05, 0.1) is 0 Å². The van der Waals surface area contributed by atoms with E-state index in [0.717, 1.165) is 9.47 Å². The third-order valence-corrected chi connectivity index (χ3v) is 4.16. The van der Waals surface area contributed by atoms with E-state index in [0.29, 0.717) is 0 Å². The lowest BCUT2D eigenvalue weighted by molar-refractivity contribution is -0.558. The summed E-state index contributed by atoms with van der Waals surface area (Å²) in [5.41, 5.74) is 0. The first kappa shape index (κ1) is 36.0. The van der Waals surface area contributed by atoms with Gasteiger partial charge in [0.15, 0.2) is 0 Å². The van der Waals surface area contributed by atoms with Crippen LogP contribution in [0.5, 0.6) is 0 Å². The molecule has 224 valence electrons. The van der Waals surface area contributed by atoms with Crippen LogP contribution in [-0.2, 0) is 9.47 Å². The topological polar surface area (TPSA) is 18.5 Å². The van der Waals surface area contributed by atoms with Gasteiger partial charge in [-0.05, 0) is 0 Å². The molecule has 0 aromatic heterocycles. The fourth-order valence-corrected chi connectivity index (χ4v) is 1.83. The maximum atomic E-state index is 13.2. The van der Waals surface area contributed by atoms with Crippen LogP contribution in [0.1, 0.15) is 0 Å². The van der Waals surface area contributed by atoms with Crippen LogP contribution in [0.15, 0.2) is 0 Å². The Kier molecular flexibility index (Phi) is 8.80. The zero-order valence-corrected chi connectivity index (χ0v) is 17.5. The van der Waals surface area contributed by atoms with E-state index in [1.807, 2.05) is 0 Å². The second-order valence-corrected chi connectivity index (χ2v) is 7.49. The molecule has 0 fully saturated rings. The summed E-state index contributed by atoms with van der Waals surface area (Å²) in [7, 11) is 0. The molecule has 0 amide bonds. The Morgan fingerprint density at radius 2 is 0.541 bits per heavy atom. The Morgan fingerprint density at radius 1 is 0.297 bits per heavy atom. The van der Waals surface area contributed by atoms with Crippen molar-refractivity contribution >= 4 is 22.6 Å². The van der Waals surface area contributed by atoms with Crippen molar-refractivity contribution in [2.75, 3.05) is 0 Å². The second kappa shape index (κ2) is 9.03. The molecule has 37 heavy (non-hydrogen) atoms. The predicted molar refractivity (Wildman–Crippen MR) is 71.7 cm³/mol. The monoisotopic (exact) mass is 728 g/mol. The van der Waals surface area contributed by atoms with Gasteiger partial charge in [0.1, 0.15) is 0 Å². The van der Waals surface area contributed by atoms with Crippen LogP contribution >= 0.6 is 22.6 Å². The van der Waals surface area contributed by atoms with Crippen molar-refractivity contribution in [3.05, 3.63) is 0 Å². The molecule has 0 saturated carbocycles. The summed E-state index contributed by atoms with van der Waals surface area (Å²) in [6, 6.07) is 0. The lowest BCUT2D eigenvalue weighted by atomic mass is 10.0. The second-order valence-electron chi connectivity index (χ2n) is 6.14. The van der Waals surface area contributed by atoms with Crippen LogP contribution < -0.4 is 0 Å². The highest BCUT2D eigenvalue weighted by Crippen LogP contribution is 2.61. The van der Waals surface area contributed by atoms with Gasteiger partial charge < -0.3 is 0 Å². The summed E-state index contributed by atoms with van der Waals surface area (Å²) in [5.74, 6) is -40.9. The summed E-state index contributed by atoms with van der Waals surface area (Å²) in [6.45, 7) is 0. The molecular weight excluding hydrogens is 728 g/mol. The fraction of sp³-hybridized carbons (Fsp3) is 1.00. The Labute approximate surface area is 198 Å². The van der Waals surface area contributed by atoms with Crippen LogP contribution in [0, 0.1) is 0 Å². The minimum Gasteiger partial charge on any atom is -0.243 e. The van der Waals surface area contributed by atoms with Gasteiger partial charge in [-0.15, -0.1) is 0 Å². The van der Waals surface area contributed by atoms with Crippen LogP contribution in [0.4, 0.5) is 101 Å². The number of alkyl halides is 24. The summed E-state index contributed by atoms with van der Waals surface area (Å²) in [5, 5.41) is 0. The van der Waals surface area contributed by atoms with Crippen LogP contribution in [0.2, 0.25) is 0 Å². The van der Waals surface area contributed by atoms with E-state index < -0.39 is 86.7 Å². The third-order valence-electron chi connectivity index (χ3n) is 3.48. The van der Waals surface area contributed by atoms with Gasteiger partial charge in [-0.3, -0.25) is 0 Å². The highest BCUT2D eigenvalue weighted by Gasteiger charge is 2.89. The minimum atomic E-state index is -8.45. The van der Waals surface area contributed by atoms with Gasteiger partial charge >= 0.3 is 64.2 Å². The molecule has 0 aromatic carbocycles. The lowest BCUT2D eigenvalue weighted by Crippen LogP contribution is -2.68. The molecule has 26 heteroatoms. The molecule has 0 bridgehead atoms. The molecule has 0 aliphatic rings. The molecule has 0 aromatic rings. The molecule has 0 atom stereocenters. The minimum absolute atomic E-state index is 0.995. The van der Waals surface area contributed by atoms with Crippen molar-refractivity contribution in [3.63, 3.8) is 0 Å². The van der Waals surface area contributed by atoms with E-state index in [1.54, 1.807) is 0 Å². The van der Waals surface area contributed by atoms with Crippen molar-refractivity contribution in [1.82, 2.24) is 0 Å². The lowest BCUT2D eigenvalue weighted by Gasteiger charge is -2.39. The van der Waals surface area contributed by atoms with Gasteiger partial charge in [-0.1, -0.05) is 0 Å². The van der Waals surface area contributed by atoms with Crippen molar-refractivity contribution in [2.45, 2.75) is 64.2 Å². The molecule has 2 nitrogen and oxygen atoms in total. The van der Waals surface area contributed by atoms with Crippen molar-refractivity contribution in [1.29, 1.82) is 0 Å². The molecular formula is C11F23IO2. The molecule has 0 aliphatic heterocycles. The first-order chi connectivity index (χ1) is 15.4. The maximum absolute atomic E-state index is 13.2. The number of ether oxygens (including phenoxy) is 2. The van der Waals surface area contributed by atoms with Crippen LogP contribution in [0.3, 0.4) is 0 Å². The van der Waals surface area contributed by atoms with Crippen molar-refractivity contribution < 1.29 is 110 Å². The van der Waals surface area contributed by atoms with E-state index in [9.17, 15) is 101 Å². The summed E-state index contributed by atoms with van der Waals surface area (Å²) < 4.78 is 290. The number of rotatable bonds is 11. The molecule has 0 heterocycles. The van der Waals surface area contributed by atoms with E-state index in [1.165, 1.54) is 0 Å². The van der Waals surface area contributed by atoms with Crippen LogP contribution in [0.25, 0.3) is 0 Å². The average molecular weight is 728 g/mol. The van der Waals surface area contributed by atoms with E-state index in [2.05, 4.69) is 0 Å². The van der Waals surface area contributed by atoms with E-state index in [-0.39, 0.29) is 0 Å². The molecule has 0 rings (SSSR count). The maximum Gasteiger partial charge on any atom is 0.460 e. The standard InChI is InChI=1S/C11F23IO2/c12-1(13,3(16,17)7(25,26)35)4(18,19)8(27,28)36-10(31,32)11(33,34)37-9(29,30)5(20,21)2(14,15)6(22,23)24. The molecule has 0 saturated heterocycles. The highest BCUT2D eigenvalue weighted by molar-refractivity contribution is 14.1. The summed E-state index contributed by atoms with van der Waals surface area (Å²) >= 11 is -1.08. The summed E-state index contributed by atoms with van der Waals surface area (Å²) in [6.07, 6.45) is -40.7. The normalized spacial score (nSPS) is 16.9. The largest absolute Gasteiger partial charge is 0.460 e. The molecule has 0 unspecified atom stereocenters. The van der Waals surface area contributed by atoms with Gasteiger partial charge in [0.25, 0.3) is 0 Å². The number of hydrogen-bond donors (Lipinski definition) is 0. The first-order valence-corrected chi connectivity index (χ1v) is 8.43. The van der Waals surface area contributed by atoms with Gasteiger partial charge in [-0.2, -0.15) is 101 Å². The van der Waals surface area contributed by atoms with Gasteiger partial charge in [0.2, 0.25) is 0 Å². The SMILES string of the molecule is FC(F)(F)C(F)(F)C(F)(F)C(F)(F)OC(F)(F)C(F)(F)OC(F)(F)C(F)(F)C(F)(F)C(F)(F)C(F)(F)I. The van der Waals surface area contributed by atoms with Crippen molar-refractivity contribution in [3.8, 4) is 0 Å². The first-order valence-electron chi connectivity index (χ1n) is 7.35. The van der Waals surface area contributed by atoms with Crippen LogP contribution in [-0.4, -0.2) is 64.2 Å². The Hall–Kier alpha value is -0.960. The zero-order chi connectivity index (χ0) is 30.9. The van der Waals surface area contributed by atoms with Crippen molar-refractivity contribution in [2.24, 2.45) is 0 Å². The Balaban J connectivity index is 6.46. The fourth-order valence-electron chi connectivity index (χ4n) is 1.49. The smallest absolute Gasteiger partial charge is 0.243 e. The number of hydrogen-bond acceptors (Lipinski definition) is 2. The highest BCUT2D eigenvalue weighted by atomic mass is 127. The third kappa shape index (κ3) is 5.55. The molecule has 0 spiro atoms. The Bertz CT molecular complexity index is 822. The van der Waals surface area contributed by atoms with Gasteiger partial charge in [0, 0.05) is 22.6 Å². The zero-order valence-electron chi connectivity index (χ0n) is 15.4. The molecule has 0 N–H and O–H groups in total. The van der Waals surface area contributed by atoms with E-state index in [4.69, 9.17) is 0 Å². The Morgan fingerprint density at radius 3 is 0.757 bits per heavy atom. The quantitative estimate of drug-likeness (QED) is 0.122. The van der Waals surface area contributed by atoms with Gasteiger partial charge in [-0.25, -0.2) is 9.47 Å². The number of halogens is 24. The average Bonchev–Trinajstić information content (AvgIpc) is 2.56. The van der Waals surface area contributed by atoms with E-state index >= 15 is 0 Å². The summed E-state index contributed by atoms with van der Waals surface area (Å²) in [4.78, 5) is 0. The molecule has 0 aliphatic carbocycles.